The molecule has 4 rings (SSSR count). The lowest BCUT2D eigenvalue weighted by Gasteiger charge is -2.10. The third-order valence-electron chi connectivity index (χ3n) is 5.52. The summed E-state index contributed by atoms with van der Waals surface area (Å²) in [5.41, 5.74) is 1.22. The molecule has 2 amide bonds. The first-order valence-electron chi connectivity index (χ1n) is 11.1. The molecule has 34 heavy (non-hydrogen) atoms. The van der Waals surface area contributed by atoms with Crippen molar-refractivity contribution < 1.29 is 19.1 Å². The predicted octanol–water partition coefficient (Wildman–Crippen LogP) is 4.61. The standard InChI is InChI=1S/C24H24Cl2N4O4/c1-2-34-9-3-7-28-23(32)14-10-17(25)19(18(26)11-14)21(31)16-12-29-20-15(16)6-8-27-22(20)30-24(33)13-4-5-13/h6,8,10-13,29H,2-5,7,9H2,1H3,(H,28,32)(H,27,30,33). The second-order valence-corrected chi connectivity index (χ2v) is 8.81. The summed E-state index contributed by atoms with van der Waals surface area (Å²) in [4.78, 5) is 45.2. The van der Waals surface area contributed by atoms with E-state index in [2.05, 4.69) is 20.6 Å². The molecule has 1 fully saturated rings. The molecule has 0 spiro atoms. The number of carbonyl (C=O) groups is 3. The summed E-state index contributed by atoms with van der Waals surface area (Å²) < 4.78 is 5.25. The van der Waals surface area contributed by atoms with E-state index >= 15 is 0 Å². The molecule has 0 bridgehead atoms. The van der Waals surface area contributed by atoms with Crippen molar-refractivity contribution in [2.75, 3.05) is 25.1 Å². The lowest BCUT2D eigenvalue weighted by molar-refractivity contribution is -0.117. The van der Waals surface area contributed by atoms with Crippen molar-refractivity contribution in [1.29, 1.82) is 0 Å². The average molecular weight is 503 g/mol. The minimum absolute atomic E-state index is 0.0196. The van der Waals surface area contributed by atoms with Crippen LogP contribution in [-0.4, -0.2) is 47.3 Å². The maximum absolute atomic E-state index is 13.4. The first kappa shape index (κ1) is 24.2. The average Bonchev–Trinajstić information content (AvgIpc) is 3.57. The zero-order chi connectivity index (χ0) is 24.2. The summed E-state index contributed by atoms with van der Waals surface area (Å²) in [7, 11) is 0. The number of ether oxygens (including phenoxy) is 1. The Morgan fingerprint density at radius 2 is 1.94 bits per heavy atom. The Morgan fingerprint density at radius 1 is 1.21 bits per heavy atom. The van der Waals surface area contributed by atoms with Gasteiger partial charge in [-0.1, -0.05) is 23.2 Å². The van der Waals surface area contributed by atoms with Crippen molar-refractivity contribution in [2.24, 2.45) is 5.92 Å². The van der Waals surface area contributed by atoms with Crippen LogP contribution < -0.4 is 10.6 Å². The van der Waals surface area contributed by atoms with Gasteiger partial charge >= 0.3 is 0 Å². The number of fused-ring (bicyclic) bond motifs is 1. The Labute approximate surface area is 206 Å². The quantitative estimate of drug-likeness (QED) is 0.276. The first-order valence-corrected chi connectivity index (χ1v) is 11.8. The van der Waals surface area contributed by atoms with E-state index in [0.717, 1.165) is 12.8 Å². The fourth-order valence-electron chi connectivity index (χ4n) is 3.58. The number of anilines is 1. The third-order valence-corrected chi connectivity index (χ3v) is 6.12. The van der Waals surface area contributed by atoms with Crippen molar-refractivity contribution >= 4 is 57.5 Å². The highest BCUT2D eigenvalue weighted by molar-refractivity contribution is 6.42. The summed E-state index contributed by atoms with van der Waals surface area (Å²) in [6, 6.07) is 4.53. The second kappa shape index (κ2) is 10.5. The van der Waals surface area contributed by atoms with Gasteiger partial charge in [0.15, 0.2) is 11.6 Å². The summed E-state index contributed by atoms with van der Waals surface area (Å²) in [5, 5.41) is 6.31. The fraction of sp³-hybridized carbons (Fsp3) is 0.333. The molecule has 0 saturated heterocycles. The van der Waals surface area contributed by atoms with Gasteiger partial charge in [0.25, 0.3) is 5.91 Å². The third kappa shape index (κ3) is 5.24. The molecule has 0 unspecified atom stereocenters. The van der Waals surface area contributed by atoms with Crippen LogP contribution in [0.15, 0.2) is 30.6 Å². The summed E-state index contributed by atoms with van der Waals surface area (Å²) in [5.74, 6) is -0.447. The van der Waals surface area contributed by atoms with Crippen molar-refractivity contribution in [2.45, 2.75) is 26.2 Å². The maximum Gasteiger partial charge on any atom is 0.251 e. The largest absolute Gasteiger partial charge is 0.382 e. The zero-order valence-corrected chi connectivity index (χ0v) is 20.1. The summed E-state index contributed by atoms with van der Waals surface area (Å²) >= 11 is 12.8. The van der Waals surface area contributed by atoms with Crippen molar-refractivity contribution in [3.63, 3.8) is 0 Å². The van der Waals surface area contributed by atoms with Gasteiger partial charge in [0, 0.05) is 54.6 Å². The minimum Gasteiger partial charge on any atom is -0.382 e. The summed E-state index contributed by atoms with van der Waals surface area (Å²) in [6.07, 6.45) is 5.48. The van der Waals surface area contributed by atoms with Gasteiger partial charge in [0.2, 0.25) is 5.91 Å². The molecule has 10 heteroatoms. The first-order chi connectivity index (χ1) is 16.4. The van der Waals surface area contributed by atoms with E-state index in [4.69, 9.17) is 27.9 Å². The fourth-order valence-corrected chi connectivity index (χ4v) is 4.24. The van der Waals surface area contributed by atoms with Crippen LogP contribution in [-0.2, 0) is 9.53 Å². The number of aromatic nitrogens is 2. The predicted molar refractivity (Wildman–Crippen MR) is 131 cm³/mol. The van der Waals surface area contributed by atoms with Crippen LogP contribution in [0.1, 0.15) is 52.5 Å². The van der Waals surface area contributed by atoms with Gasteiger partial charge in [-0.15, -0.1) is 0 Å². The molecule has 1 aromatic carbocycles. The number of H-pyrrole nitrogens is 1. The molecule has 0 radical (unpaired) electrons. The number of halogens is 2. The molecule has 0 atom stereocenters. The van der Waals surface area contributed by atoms with E-state index in [1.807, 2.05) is 6.92 Å². The molecule has 8 nitrogen and oxygen atoms in total. The SMILES string of the molecule is CCOCCCNC(=O)c1cc(Cl)c(C(=O)c2c[nH]c3c(NC(=O)C4CC4)nccc23)c(Cl)c1. The number of rotatable bonds is 10. The summed E-state index contributed by atoms with van der Waals surface area (Å²) in [6.45, 7) is 3.53. The van der Waals surface area contributed by atoms with Gasteiger partial charge in [-0.05, 0) is 44.4 Å². The molecule has 1 aliphatic rings. The highest BCUT2D eigenvalue weighted by Crippen LogP contribution is 2.34. The normalized spacial score (nSPS) is 13.1. The number of pyridine rings is 1. The molecule has 1 saturated carbocycles. The van der Waals surface area contributed by atoms with Crippen molar-refractivity contribution in [3.8, 4) is 0 Å². The molecular formula is C24H24Cl2N4O4. The number of ketones is 1. The molecule has 3 aromatic rings. The van der Waals surface area contributed by atoms with Crippen LogP contribution in [0.2, 0.25) is 10.0 Å². The molecule has 3 N–H and O–H groups in total. The number of aromatic amines is 1. The highest BCUT2D eigenvalue weighted by atomic mass is 35.5. The van der Waals surface area contributed by atoms with Crippen molar-refractivity contribution in [1.82, 2.24) is 15.3 Å². The molecule has 2 heterocycles. The number of nitrogens with zero attached hydrogens (tertiary/aromatic N) is 1. The maximum atomic E-state index is 13.4. The topological polar surface area (TPSA) is 113 Å². The van der Waals surface area contributed by atoms with Crippen LogP contribution in [0.5, 0.6) is 0 Å². The Balaban J connectivity index is 1.54. The molecule has 0 aliphatic heterocycles. The van der Waals surface area contributed by atoms with Crippen LogP contribution in [0.4, 0.5) is 5.82 Å². The van der Waals surface area contributed by atoms with Gasteiger partial charge in [0.05, 0.1) is 21.1 Å². The lowest BCUT2D eigenvalue weighted by atomic mass is 10.0. The number of amides is 2. The number of benzene rings is 1. The van der Waals surface area contributed by atoms with E-state index in [1.165, 1.54) is 24.5 Å². The highest BCUT2D eigenvalue weighted by Gasteiger charge is 2.30. The second-order valence-electron chi connectivity index (χ2n) is 8.00. The van der Waals surface area contributed by atoms with Gasteiger partial charge in [-0.25, -0.2) is 4.98 Å². The van der Waals surface area contributed by atoms with Crippen LogP contribution in [0.25, 0.3) is 10.9 Å². The minimum atomic E-state index is -0.407. The number of carbonyl (C=O) groups excluding carboxylic acids is 3. The Hall–Kier alpha value is -2.94. The van der Waals surface area contributed by atoms with E-state index in [9.17, 15) is 14.4 Å². The molecule has 2 aromatic heterocycles. The number of hydrogen-bond acceptors (Lipinski definition) is 5. The smallest absolute Gasteiger partial charge is 0.251 e. The Morgan fingerprint density at radius 3 is 2.62 bits per heavy atom. The van der Waals surface area contributed by atoms with Crippen LogP contribution in [0, 0.1) is 5.92 Å². The van der Waals surface area contributed by atoms with Gasteiger partial charge in [-0.3, -0.25) is 14.4 Å². The van der Waals surface area contributed by atoms with Crippen LogP contribution >= 0.6 is 23.2 Å². The Kier molecular flexibility index (Phi) is 7.50. The monoisotopic (exact) mass is 502 g/mol. The number of nitrogens with one attached hydrogen (secondary N) is 3. The van der Waals surface area contributed by atoms with E-state index < -0.39 is 5.78 Å². The molecular weight excluding hydrogens is 479 g/mol. The number of hydrogen-bond donors (Lipinski definition) is 3. The molecule has 1 aliphatic carbocycles. The van der Waals surface area contributed by atoms with Crippen molar-refractivity contribution in [3.05, 3.63) is 57.3 Å². The van der Waals surface area contributed by atoms with E-state index in [1.54, 1.807) is 6.07 Å². The van der Waals surface area contributed by atoms with Gasteiger partial charge in [-0.2, -0.15) is 0 Å². The van der Waals surface area contributed by atoms with Gasteiger partial charge in [0.1, 0.15) is 0 Å². The van der Waals surface area contributed by atoms with Gasteiger partial charge < -0.3 is 20.4 Å². The molecule has 178 valence electrons. The zero-order valence-electron chi connectivity index (χ0n) is 18.5. The van der Waals surface area contributed by atoms with E-state index in [0.29, 0.717) is 48.5 Å². The van der Waals surface area contributed by atoms with E-state index in [-0.39, 0.29) is 38.9 Å². The van der Waals surface area contributed by atoms with Crippen LogP contribution in [0.3, 0.4) is 0 Å². The lowest BCUT2D eigenvalue weighted by Crippen LogP contribution is -2.25. The Bertz CT molecular complexity index is 1230.